The Labute approximate surface area is 209 Å². The summed E-state index contributed by atoms with van der Waals surface area (Å²) in [4.78, 5) is 36.6. The fourth-order valence-electron chi connectivity index (χ4n) is 4.16. The molecular weight excluding hydrogens is 486 g/mol. The number of carbonyl (C=O) groups is 2. The Hall–Kier alpha value is -2.75. The number of aromatic nitrogens is 2. The number of aryl methyl sites for hydroxylation is 1. The molecular formula is C25H23N3O3S3. The van der Waals surface area contributed by atoms with Crippen molar-refractivity contribution in [3.8, 4) is 11.1 Å². The van der Waals surface area contributed by atoms with Gasteiger partial charge in [0, 0.05) is 15.8 Å². The van der Waals surface area contributed by atoms with Crippen molar-refractivity contribution in [2.75, 3.05) is 17.7 Å². The summed E-state index contributed by atoms with van der Waals surface area (Å²) >= 11 is 4.46. The van der Waals surface area contributed by atoms with Gasteiger partial charge in [-0.15, -0.1) is 22.7 Å². The highest BCUT2D eigenvalue weighted by Crippen LogP contribution is 2.40. The van der Waals surface area contributed by atoms with Crippen LogP contribution in [0, 0.1) is 0 Å². The van der Waals surface area contributed by atoms with Crippen LogP contribution >= 0.6 is 34.4 Å². The van der Waals surface area contributed by atoms with Gasteiger partial charge in [-0.25, -0.2) is 14.8 Å². The zero-order chi connectivity index (χ0) is 23.5. The van der Waals surface area contributed by atoms with Crippen LogP contribution in [-0.2, 0) is 22.4 Å². The number of ether oxygens (including phenoxy) is 1. The number of carbonyl (C=O) groups excluding carboxylic acids is 2. The molecule has 0 fully saturated rings. The van der Waals surface area contributed by atoms with Crippen molar-refractivity contribution in [1.82, 2.24) is 9.97 Å². The second-order valence-corrected chi connectivity index (χ2v) is 10.8. The molecule has 3 aromatic heterocycles. The highest BCUT2D eigenvalue weighted by molar-refractivity contribution is 8.00. The number of hydrogen-bond donors (Lipinski definition) is 1. The summed E-state index contributed by atoms with van der Waals surface area (Å²) in [5.41, 5.74) is 3.74. The third-order valence-corrected chi connectivity index (χ3v) is 8.75. The topological polar surface area (TPSA) is 81.2 Å². The lowest BCUT2D eigenvalue weighted by Gasteiger charge is -2.12. The molecule has 0 atom stereocenters. The molecule has 0 bridgehead atoms. The van der Waals surface area contributed by atoms with E-state index >= 15 is 0 Å². The van der Waals surface area contributed by atoms with Crippen molar-refractivity contribution >= 4 is 61.5 Å². The summed E-state index contributed by atoms with van der Waals surface area (Å²) in [6.07, 6.45) is 5.49. The van der Waals surface area contributed by atoms with Crippen LogP contribution in [-0.4, -0.2) is 34.2 Å². The first-order valence-electron chi connectivity index (χ1n) is 11.2. The van der Waals surface area contributed by atoms with E-state index < -0.39 is 0 Å². The number of esters is 1. The molecule has 9 heteroatoms. The molecule has 6 nitrogen and oxygen atoms in total. The molecule has 3 heterocycles. The average Bonchev–Trinajstić information content (AvgIpc) is 3.45. The molecule has 34 heavy (non-hydrogen) atoms. The first-order chi connectivity index (χ1) is 16.7. The van der Waals surface area contributed by atoms with Gasteiger partial charge >= 0.3 is 5.97 Å². The molecule has 174 valence electrons. The van der Waals surface area contributed by atoms with E-state index in [1.165, 1.54) is 28.0 Å². The quantitative estimate of drug-likeness (QED) is 0.181. The van der Waals surface area contributed by atoms with E-state index in [4.69, 9.17) is 4.74 Å². The summed E-state index contributed by atoms with van der Waals surface area (Å²) < 4.78 is 5.29. The molecule has 0 aliphatic heterocycles. The van der Waals surface area contributed by atoms with Gasteiger partial charge in [0.1, 0.15) is 21.2 Å². The maximum Gasteiger partial charge on any atom is 0.341 e. The van der Waals surface area contributed by atoms with E-state index in [1.807, 2.05) is 18.2 Å². The highest BCUT2D eigenvalue weighted by atomic mass is 32.2. The maximum absolute atomic E-state index is 12.9. The van der Waals surface area contributed by atoms with Gasteiger partial charge < -0.3 is 10.1 Å². The molecule has 1 aliphatic rings. The molecule has 1 aromatic carbocycles. The number of thioether (sulfide) groups is 1. The molecule has 0 saturated carbocycles. The monoisotopic (exact) mass is 509 g/mol. The number of rotatable bonds is 7. The first-order valence-corrected chi connectivity index (χ1v) is 13.9. The lowest BCUT2D eigenvalue weighted by Crippen LogP contribution is -2.17. The van der Waals surface area contributed by atoms with E-state index in [1.54, 1.807) is 24.6 Å². The zero-order valence-electron chi connectivity index (χ0n) is 18.6. The Bertz CT molecular complexity index is 1350. The molecule has 0 saturated heterocycles. The average molecular weight is 510 g/mol. The van der Waals surface area contributed by atoms with Gasteiger partial charge in [-0.2, -0.15) is 0 Å². The molecule has 0 unspecified atom stereocenters. The van der Waals surface area contributed by atoms with Gasteiger partial charge in [-0.1, -0.05) is 42.1 Å². The fourth-order valence-corrected chi connectivity index (χ4v) is 7.24. The largest absolute Gasteiger partial charge is 0.462 e. The fraction of sp³-hybridized carbons (Fsp3) is 0.280. The molecule has 4 aromatic rings. The van der Waals surface area contributed by atoms with Crippen molar-refractivity contribution in [2.45, 2.75) is 37.6 Å². The zero-order valence-corrected chi connectivity index (χ0v) is 21.1. The van der Waals surface area contributed by atoms with E-state index in [-0.39, 0.29) is 17.6 Å². The number of amides is 1. The predicted octanol–water partition coefficient (Wildman–Crippen LogP) is 6.21. The first kappa shape index (κ1) is 23.0. The summed E-state index contributed by atoms with van der Waals surface area (Å²) in [6, 6.07) is 10.1. The SMILES string of the molecule is CCOC(=O)c1c(NC(=O)CSc2ncnc3scc(-c4ccccc4)c23)sc2c1CCCC2. The molecule has 5 rings (SSSR count). The Kier molecular flexibility index (Phi) is 6.94. The summed E-state index contributed by atoms with van der Waals surface area (Å²) in [5.74, 6) is -0.341. The smallest absolute Gasteiger partial charge is 0.341 e. The maximum atomic E-state index is 12.9. The summed E-state index contributed by atoms with van der Waals surface area (Å²) in [7, 11) is 0. The summed E-state index contributed by atoms with van der Waals surface area (Å²) in [5, 5.41) is 7.41. The van der Waals surface area contributed by atoms with Gasteiger partial charge in [-0.05, 0) is 43.7 Å². The number of hydrogen-bond acceptors (Lipinski definition) is 8. The van der Waals surface area contributed by atoms with E-state index in [9.17, 15) is 9.59 Å². The van der Waals surface area contributed by atoms with Crippen molar-refractivity contribution in [1.29, 1.82) is 0 Å². The van der Waals surface area contributed by atoms with Crippen LogP contribution < -0.4 is 5.32 Å². The minimum atomic E-state index is -0.354. The molecule has 0 radical (unpaired) electrons. The number of fused-ring (bicyclic) bond motifs is 2. The number of benzene rings is 1. The van der Waals surface area contributed by atoms with Gasteiger partial charge in [0.15, 0.2) is 0 Å². The van der Waals surface area contributed by atoms with E-state index in [0.29, 0.717) is 17.2 Å². The van der Waals surface area contributed by atoms with Crippen LogP contribution in [0.1, 0.15) is 40.6 Å². The Morgan fingerprint density at radius 1 is 1.15 bits per heavy atom. The lowest BCUT2D eigenvalue weighted by atomic mass is 9.95. The molecule has 1 aliphatic carbocycles. The van der Waals surface area contributed by atoms with Crippen LogP contribution in [0.3, 0.4) is 0 Å². The van der Waals surface area contributed by atoms with Crippen molar-refractivity contribution in [3.05, 3.63) is 58.0 Å². The van der Waals surface area contributed by atoms with Gasteiger partial charge in [0.25, 0.3) is 0 Å². The summed E-state index contributed by atoms with van der Waals surface area (Å²) in [6.45, 7) is 2.10. The van der Waals surface area contributed by atoms with Crippen molar-refractivity contribution in [3.63, 3.8) is 0 Å². The lowest BCUT2D eigenvalue weighted by molar-refractivity contribution is -0.113. The number of nitrogens with one attached hydrogen (secondary N) is 1. The molecule has 1 amide bonds. The van der Waals surface area contributed by atoms with E-state index in [2.05, 4.69) is 32.8 Å². The normalized spacial score (nSPS) is 13.0. The second-order valence-electron chi connectivity index (χ2n) is 7.85. The minimum absolute atomic E-state index is 0.169. The molecule has 1 N–H and O–H groups in total. The Balaban J connectivity index is 1.37. The van der Waals surface area contributed by atoms with Gasteiger partial charge in [-0.3, -0.25) is 4.79 Å². The molecule has 0 spiro atoms. The second kappa shape index (κ2) is 10.2. The van der Waals surface area contributed by atoms with Crippen LogP contribution in [0.5, 0.6) is 0 Å². The number of thiophene rings is 2. The van der Waals surface area contributed by atoms with Crippen LogP contribution in [0.15, 0.2) is 47.1 Å². The predicted molar refractivity (Wildman–Crippen MR) is 139 cm³/mol. The van der Waals surface area contributed by atoms with Gasteiger partial charge in [0.05, 0.1) is 23.3 Å². The third kappa shape index (κ3) is 4.60. The minimum Gasteiger partial charge on any atom is -0.462 e. The van der Waals surface area contributed by atoms with Gasteiger partial charge in [0.2, 0.25) is 5.91 Å². The third-order valence-electron chi connectivity index (χ3n) is 5.66. The number of nitrogens with zero attached hydrogens (tertiary/aromatic N) is 2. The van der Waals surface area contributed by atoms with Crippen molar-refractivity contribution in [2.24, 2.45) is 0 Å². The van der Waals surface area contributed by atoms with Crippen molar-refractivity contribution < 1.29 is 14.3 Å². The van der Waals surface area contributed by atoms with Crippen LogP contribution in [0.2, 0.25) is 0 Å². The Morgan fingerprint density at radius 3 is 2.79 bits per heavy atom. The number of anilines is 1. The standard InChI is InChI=1S/C25H23N3O3S3/c1-2-31-25(30)21-16-10-6-7-11-18(16)34-24(21)28-19(29)13-33-23-20-17(15-8-4-3-5-9-15)12-32-22(20)26-14-27-23/h3-5,8-9,12,14H,2,6-7,10-11,13H2,1H3,(H,28,29). The Morgan fingerprint density at radius 2 is 1.97 bits per heavy atom. The van der Waals surface area contributed by atoms with E-state index in [0.717, 1.165) is 57.6 Å². The van der Waals surface area contributed by atoms with Crippen LogP contribution in [0.4, 0.5) is 5.00 Å². The van der Waals surface area contributed by atoms with Crippen LogP contribution in [0.25, 0.3) is 21.3 Å². The highest BCUT2D eigenvalue weighted by Gasteiger charge is 2.27.